The van der Waals surface area contributed by atoms with E-state index in [4.69, 9.17) is 4.74 Å². The molecular formula is C11H18N2OS. The molecule has 3 nitrogen and oxygen atoms in total. The second kappa shape index (κ2) is 4.60. The van der Waals surface area contributed by atoms with Gasteiger partial charge in [-0.15, -0.1) is 11.3 Å². The van der Waals surface area contributed by atoms with E-state index < -0.39 is 0 Å². The maximum atomic E-state index is 5.88. The Balaban J connectivity index is 2.10. The number of aromatic nitrogens is 1. The number of hydrogen-bond acceptors (Lipinski definition) is 4. The van der Waals surface area contributed by atoms with E-state index in [1.165, 1.54) is 0 Å². The van der Waals surface area contributed by atoms with Crippen LogP contribution in [0.2, 0.25) is 0 Å². The number of rotatable bonds is 3. The molecule has 0 amide bonds. The largest absolute Gasteiger partial charge is 0.373 e. The lowest BCUT2D eigenvalue weighted by Crippen LogP contribution is -2.29. The SMILES string of the molecule is CNC(c1nc(C)cs1)C1CCC(C)O1. The topological polar surface area (TPSA) is 34.2 Å². The fraction of sp³-hybridized carbons (Fsp3) is 0.727. The third-order valence-electron chi connectivity index (χ3n) is 2.85. The van der Waals surface area contributed by atoms with Crippen molar-refractivity contribution in [1.82, 2.24) is 10.3 Å². The smallest absolute Gasteiger partial charge is 0.112 e. The number of hydrogen-bond donors (Lipinski definition) is 1. The van der Waals surface area contributed by atoms with Crippen LogP contribution in [0.25, 0.3) is 0 Å². The van der Waals surface area contributed by atoms with Crippen molar-refractivity contribution >= 4 is 11.3 Å². The van der Waals surface area contributed by atoms with Crippen LogP contribution < -0.4 is 5.32 Å². The molecule has 3 unspecified atom stereocenters. The first-order valence-corrected chi connectivity index (χ1v) is 6.33. The standard InChI is InChI=1S/C11H18N2OS/c1-7-6-15-11(13-7)10(12-3)9-5-4-8(2)14-9/h6,8-10,12H,4-5H2,1-3H3. The summed E-state index contributed by atoms with van der Waals surface area (Å²) in [5.74, 6) is 0. The van der Waals surface area contributed by atoms with Gasteiger partial charge in [0.15, 0.2) is 0 Å². The van der Waals surface area contributed by atoms with Gasteiger partial charge in [-0.25, -0.2) is 4.98 Å². The molecule has 0 bridgehead atoms. The molecule has 3 atom stereocenters. The van der Waals surface area contributed by atoms with Gasteiger partial charge in [0.1, 0.15) is 5.01 Å². The zero-order chi connectivity index (χ0) is 10.8. The lowest BCUT2D eigenvalue weighted by Gasteiger charge is -2.20. The number of nitrogens with zero attached hydrogens (tertiary/aromatic N) is 1. The molecule has 4 heteroatoms. The van der Waals surface area contributed by atoms with Gasteiger partial charge in [0.2, 0.25) is 0 Å². The highest BCUT2D eigenvalue weighted by Crippen LogP contribution is 2.31. The van der Waals surface area contributed by atoms with Crippen molar-refractivity contribution in [3.05, 3.63) is 16.1 Å². The quantitative estimate of drug-likeness (QED) is 0.858. The average molecular weight is 226 g/mol. The van der Waals surface area contributed by atoms with Gasteiger partial charge in [-0.05, 0) is 33.7 Å². The minimum Gasteiger partial charge on any atom is -0.373 e. The summed E-state index contributed by atoms with van der Waals surface area (Å²) in [5, 5.41) is 6.56. The van der Waals surface area contributed by atoms with Crippen LogP contribution in [0.3, 0.4) is 0 Å². The Hall–Kier alpha value is -0.450. The first-order valence-electron chi connectivity index (χ1n) is 5.45. The molecule has 84 valence electrons. The summed E-state index contributed by atoms with van der Waals surface area (Å²) in [6.45, 7) is 4.17. The van der Waals surface area contributed by atoms with Crippen molar-refractivity contribution in [1.29, 1.82) is 0 Å². The molecule has 15 heavy (non-hydrogen) atoms. The van der Waals surface area contributed by atoms with Crippen LogP contribution in [0, 0.1) is 6.92 Å². The van der Waals surface area contributed by atoms with Gasteiger partial charge in [0, 0.05) is 11.1 Å². The minimum atomic E-state index is 0.258. The number of ether oxygens (including phenoxy) is 1. The van der Waals surface area contributed by atoms with Crippen molar-refractivity contribution in [3.63, 3.8) is 0 Å². The van der Waals surface area contributed by atoms with Crippen LogP contribution >= 0.6 is 11.3 Å². The molecule has 1 aliphatic rings. The van der Waals surface area contributed by atoms with Crippen molar-refractivity contribution in [2.75, 3.05) is 7.05 Å². The molecule has 1 aliphatic heterocycles. The predicted octanol–water partition coefficient (Wildman–Crippen LogP) is 2.28. The first kappa shape index (κ1) is 11.0. The number of thiazole rings is 1. The Bertz CT molecular complexity index is 326. The summed E-state index contributed by atoms with van der Waals surface area (Å²) in [6.07, 6.45) is 2.97. The normalized spacial score (nSPS) is 28.2. The average Bonchev–Trinajstić information content (AvgIpc) is 2.78. The lowest BCUT2D eigenvalue weighted by atomic mass is 10.1. The molecule has 1 N–H and O–H groups in total. The highest BCUT2D eigenvalue weighted by Gasteiger charge is 2.31. The van der Waals surface area contributed by atoms with E-state index in [-0.39, 0.29) is 12.1 Å². The Kier molecular flexibility index (Phi) is 3.38. The second-order valence-corrected chi connectivity index (χ2v) is 5.05. The maximum Gasteiger partial charge on any atom is 0.112 e. The number of aryl methyl sites for hydroxylation is 1. The zero-order valence-corrected chi connectivity index (χ0v) is 10.3. The predicted molar refractivity (Wildman–Crippen MR) is 62.2 cm³/mol. The van der Waals surface area contributed by atoms with Gasteiger partial charge >= 0.3 is 0 Å². The fourth-order valence-corrected chi connectivity index (χ4v) is 3.02. The third-order valence-corrected chi connectivity index (χ3v) is 3.90. The molecule has 2 rings (SSSR count). The van der Waals surface area contributed by atoms with Crippen molar-refractivity contribution in [2.45, 2.75) is 44.9 Å². The summed E-state index contributed by atoms with van der Waals surface area (Å²) in [7, 11) is 1.98. The molecule has 2 heterocycles. The summed E-state index contributed by atoms with van der Waals surface area (Å²) >= 11 is 1.72. The Labute approximate surface area is 94.9 Å². The van der Waals surface area contributed by atoms with Crippen LogP contribution in [0.1, 0.15) is 36.5 Å². The number of nitrogens with one attached hydrogen (secondary N) is 1. The molecule has 0 spiro atoms. The molecule has 0 aromatic carbocycles. The van der Waals surface area contributed by atoms with Crippen molar-refractivity contribution in [2.24, 2.45) is 0 Å². The van der Waals surface area contributed by atoms with Crippen LogP contribution in [0.15, 0.2) is 5.38 Å². The van der Waals surface area contributed by atoms with E-state index in [9.17, 15) is 0 Å². The van der Waals surface area contributed by atoms with Crippen LogP contribution in [0.4, 0.5) is 0 Å². The van der Waals surface area contributed by atoms with E-state index in [1.54, 1.807) is 11.3 Å². The van der Waals surface area contributed by atoms with Gasteiger partial charge in [0.05, 0.1) is 18.2 Å². The Morgan fingerprint density at radius 2 is 2.40 bits per heavy atom. The van der Waals surface area contributed by atoms with Gasteiger partial charge in [-0.2, -0.15) is 0 Å². The summed E-state index contributed by atoms with van der Waals surface area (Å²) in [5.41, 5.74) is 1.10. The highest BCUT2D eigenvalue weighted by molar-refractivity contribution is 7.09. The minimum absolute atomic E-state index is 0.258. The van der Waals surface area contributed by atoms with Crippen LogP contribution in [0.5, 0.6) is 0 Å². The fourth-order valence-electron chi connectivity index (χ4n) is 2.06. The summed E-state index contributed by atoms with van der Waals surface area (Å²) in [6, 6.07) is 0.258. The highest BCUT2D eigenvalue weighted by atomic mass is 32.1. The maximum absolute atomic E-state index is 5.88. The van der Waals surface area contributed by atoms with Gasteiger partial charge in [-0.3, -0.25) is 0 Å². The van der Waals surface area contributed by atoms with Crippen LogP contribution in [-0.4, -0.2) is 24.2 Å². The number of likely N-dealkylation sites (N-methyl/N-ethyl adjacent to an activating group) is 1. The molecule has 1 aromatic rings. The molecule has 1 fully saturated rings. The molecular weight excluding hydrogens is 208 g/mol. The van der Waals surface area contributed by atoms with E-state index >= 15 is 0 Å². The third kappa shape index (κ3) is 2.38. The van der Waals surface area contributed by atoms with Crippen LogP contribution in [-0.2, 0) is 4.74 Å². The summed E-state index contributed by atoms with van der Waals surface area (Å²) in [4.78, 5) is 4.53. The van der Waals surface area contributed by atoms with E-state index in [0.29, 0.717) is 6.10 Å². The molecule has 0 saturated carbocycles. The lowest BCUT2D eigenvalue weighted by molar-refractivity contribution is 0.0332. The monoisotopic (exact) mass is 226 g/mol. The Morgan fingerprint density at radius 1 is 1.60 bits per heavy atom. The Morgan fingerprint density at radius 3 is 2.87 bits per heavy atom. The van der Waals surface area contributed by atoms with Gasteiger partial charge in [0.25, 0.3) is 0 Å². The van der Waals surface area contributed by atoms with E-state index in [1.807, 2.05) is 14.0 Å². The summed E-state index contributed by atoms with van der Waals surface area (Å²) < 4.78 is 5.88. The van der Waals surface area contributed by atoms with E-state index in [2.05, 4.69) is 22.6 Å². The van der Waals surface area contributed by atoms with Gasteiger partial charge < -0.3 is 10.1 Å². The first-order chi connectivity index (χ1) is 7.20. The second-order valence-electron chi connectivity index (χ2n) is 4.16. The molecule has 0 aliphatic carbocycles. The molecule has 1 saturated heterocycles. The van der Waals surface area contributed by atoms with E-state index in [0.717, 1.165) is 23.5 Å². The molecule has 0 radical (unpaired) electrons. The van der Waals surface area contributed by atoms with Crippen molar-refractivity contribution < 1.29 is 4.74 Å². The van der Waals surface area contributed by atoms with Gasteiger partial charge in [-0.1, -0.05) is 0 Å². The zero-order valence-electron chi connectivity index (χ0n) is 9.49. The van der Waals surface area contributed by atoms with Crippen molar-refractivity contribution in [3.8, 4) is 0 Å². The molecule has 1 aromatic heterocycles.